The number of rotatable bonds is 10. The molecule has 0 amide bonds. The summed E-state index contributed by atoms with van der Waals surface area (Å²) in [6.07, 6.45) is 5.74. The SMILES string of the molecule is C=CC(=O)O/C=C\Oc1ccc(-c2ccc(-c3ccc(O/C=C\OC(=O)C(=C)C)cc3)cc2F)cc1. The topological polar surface area (TPSA) is 71.1 Å². The van der Waals surface area contributed by atoms with Crippen LogP contribution in [-0.4, -0.2) is 11.9 Å². The maximum absolute atomic E-state index is 14.9. The van der Waals surface area contributed by atoms with Crippen molar-refractivity contribution < 1.29 is 32.9 Å². The summed E-state index contributed by atoms with van der Waals surface area (Å²) < 4.78 is 35.1. The second kappa shape index (κ2) is 12.5. The Labute approximate surface area is 208 Å². The van der Waals surface area contributed by atoms with Gasteiger partial charge >= 0.3 is 11.9 Å². The highest BCUT2D eigenvalue weighted by atomic mass is 19.1. The highest BCUT2D eigenvalue weighted by Crippen LogP contribution is 2.30. The number of carbonyl (C=O) groups is 2. The molecule has 0 saturated heterocycles. The predicted molar refractivity (Wildman–Crippen MR) is 134 cm³/mol. The van der Waals surface area contributed by atoms with Crippen LogP contribution in [0.25, 0.3) is 22.3 Å². The molecule has 0 spiro atoms. The maximum atomic E-state index is 14.9. The van der Waals surface area contributed by atoms with E-state index in [0.29, 0.717) is 28.2 Å². The lowest BCUT2D eigenvalue weighted by Crippen LogP contribution is -1.99. The van der Waals surface area contributed by atoms with Crippen molar-refractivity contribution in [1.29, 1.82) is 0 Å². The smallest absolute Gasteiger partial charge is 0.338 e. The van der Waals surface area contributed by atoms with Crippen LogP contribution in [0.2, 0.25) is 0 Å². The fourth-order valence-electron chi connectivity index (χ4n) is 2.91. The molecule has 36 heavy (non-hydrogen) atoms. The number of esters is 2. The van der Waals surface area contributed by atoms with Gasteiger partial charge in [0.2, 0.25) is 0 Å². The largest absolute Gasteiger partial charge is 0.462 e. The normalized spacial score (nSPS) is 10.7. The highest BCUT2D eigenvalue weighted by Gasteiger charge is 2.08. The van der Waals surface area contributed by atoms with Crippen molar-refractivity contribution >= 4 is 11.9 Å². The monoisotopic (exact) mass is 486 g/mol. The maximum Gasteiger partial charge on any atom is 0.338 e. The van der Waals surface area contributed by atoms with E-state index in [1.165, 1.54) is 18.6 Å². The van der Waals surface area contributed by atoms with Gasteiger partial charge in [0.1, 0.15) is 42.4 Å². The zero-order chi connectivity index (χ0) is 25.9. The molecule has 3 rings (SSSR count). The molecule has 0 aliphatic carbocycles. The van der Waals surface area contributed by atoms with Crippen molar-refractivity contribution in [3.05, 3.63) is 122 Å². The molecule has 0 radical (unpaired) electrons. The molecule has 0 N–H and O–H groups in total. The fourth-order valence-corrected chi connectivity index (χ4v) is 2.91. The van der Waals surface area contributed by atoms with E-state index in [2.05, 4.69) is 17.9 Å². The van der Waals surface area contributed by atoms with E-state index in [-0.39, 0.29) is 11.4 Å². The summed E-state index contributed by atoms with van der Waals surface area (Å²) >= 11 is 0. The molecule has 0 fully saturated rings. The summed E-state index contributed by atoms with van der Waals surface area (Å²) in [6, 6.07) is 18.8. The summed E-state index contributed by atoms with van der Waals surface area (Å²) in [7, 11) is 0. The summed E-state index contributed by atoms with van der Waals surface area (Å²) in [5.74, 6) is -0.493. The molecule has 3 aromatic rings. The van der Waals surface area contributed by atoms with Crippen molar-refractivity contribution in [2.75, 3.05) is 0 Å². The molecule has 3 aromatic carbocycles. The van der Waals surface area contributed by atoms with Crippen LogP contribution < -0.4 is 9.47 Å². The molecular weight excluding hydrogens is 463 g/mol. The van der Waals surface area contributed by atoms with E-state index in [0.717, 1.165) is 24.2 Å². The predicted octanol–water partition coefficient (Wildman–Crippen LogP) is 6.71. The third-order valence-electron chi connectivity index (χ3n) is 4.72. The third kappa shape index (κ3) is 7.30. The Bertz CT molecular complexity index is 1300. The van der Waals surface area contributed by atoms with Gasteiger partial charge in [0.25, 0.3) is 0 Å². The third-order valence-corrected chi connectivity index (χ3v) is 4.72. The van der Waals surface area contributed by atoms with Crippen LogP contribution in [0.3, 0.4) is 0 Å². The lowest BCUT2D eigenvalue weighted by Gasteiger charge is -2.09. The van der Waals surface area contributed by atoms with Gasteiger partial charge in [-0.3, -0.25) is 0 Å². The summed E-state index contributed by atoms with van der Waals surface area (Å²) in [5, 5.41) is 0. The first-order valence-corrected chi connectivity index (χ1v) is 10.7. The van der Waals surface area contributed by atoms with E-state index in [4.69, 9.17) is 14.2 Å². The van der Waals surface area contributed by atoms with E-state index in [9.17, 15) is 14.0 Å². The molecule has 0 saturated carbocycles. The Balaban J connectivity index is 1.62. The Morgan fingerprint density at radius 1 is 0.750 bits per heavy atom. The summed E-state index contributed by atoms with van der Waals surface area (Å²) in [6.45, 7) is 8.32. The van der Waals surface area contributed by atoms with Gasteiger partial charge in [-0.05, 0) is 53.9 Å². The molecular formula is C29H23FO6. The van der Waals surface area contributed by atoms with Gasteiger partial charge in [-0.2, -0.15) is 0 Å². The van der Waals surface area contributed by atoms with Gasteiger partial charge in [-0.15, -0.1) is 0 Å². The quantitative estimate of drug-likeness (QED) is 0.180. The van der Waals surface area contributed by atoms with Crippen LogP contribution in [0.1, 0.15) is 6.92 Å². The van der Waals surface area contributed by atoms with Crippen LogP contribution in [-0.2, 0) is 19.1 Å². The first-order chi connectivity index (χ1) is 17.4. The fraction of sp³-hybridized carbons (Fsp3) is 0.0345. The van der Waals surface area contributed by atoms with Crippen LogP contribution in [0.15, 0.2) is 117 Å². The number of ether oxygens (including phenoxy) is 4. The zero-order valence-corrected chi connectivity index (χ0v) is 19.5. The van der Waals surface area contributed by atoms with Crippen molar-refractivity contribution in [2.24, 2.45) is 0 Å². The molecule has 0 heterocycles. The molecule has 0 atom stereocenters. The number of carbonyl (C=O) groups excluding carboxylic acids is 2. The van der Waals surface area contributed by atoms with Crippen LogP contribution in [0.4, 0.5) is 4.39 Å². The zero-order valence-electron chi connectivity index (χ0n) is 19.5. The Kier molecular flexibility index (Phi) is 8.94. The number of hydrogen-bond acceptors (Lipinski definition) is 6. The minimum atomic E-state index is -0.593. The minimum absolute atomic E-state index is 0.284. The lowest BCUT2D eigenvalue weighted by molar-refractivity contribution is -0.134. The van der Waals surface area contributed by atoms with Gasteiger partial charge in [0.05, 0.1) is 0 Å². The average Bonchev–Trinajstić information content (AvgIpc) is 2.89. The van der Waals surface area contributed by atoms with Crippen molar-refractivity contribution in [2.45, 2.75) is 6.92 Å². The van der Waals surface area contributed by atoms with E-state index >= 15 is 0 Å². The van der Waals surface area contributed by atoms with Gasteiger partial charge < -0.3 is 18.9 Å². The highest BCUT2D eigenvalue weighted by molar-refractivity contribution is 5.87. The second-order valence-electron chi connectivity index (χ2n) is 7.35. The molecule has 0 bridgehead atoms. The Hall–Kier alpha value is -4.91. The second-order valence-corrected chi connectivity index (χ2v) is 7.35. The lowest BCUT2D eigenvalue weighted by atomic mass is 9.99. The molecule has 7 heteroatoms. The molecule has 0 unspecified atom stereocenters. The van der Waals surface area contributed by atoms with Crippen molar-refractivity contribution in [3.8, 4) is 33.8 Å². The Morgan fingerprint density at radius 2 is 1.28 bits per heavy atom. The number of halogens is 1. The van der Waals surface area contributed by atoms with Gasteiger partial charge in [-0.1, -0.05) is 49.6 Å². The van der Waals surface area contributed by atoms with Gasteiger partial charge in [-0.25, -0.2) is 14.0 Å². The van der Waals surface area contributed by atoms with Crippen LogP contribution in [0.5, 0.6) is 11.5 Å². The minimum Gasteiger partial charge on any atom is -0.462 e. The van der Waals surface area contributed by atoms with Crippen LogP contribution >= 0.6 is 0 Å². The molecule has 0 aliphatic rings. The summed E-state index contributed by atoms with van der Waals surface area (Å²) in [4.78, 5) is 22.3. The molecule has 0 aliphatic heterocycles. The van der Waals surface area contributed by atoms with Gasteiger partial charge in [0, 0.05) is 17.2 Å². The molecule has 6 nitrogen and oxygen atoms in total. The van der Waals surface area contributed by atoms with E-state index in [1.54, 1.807) is 61.5 Å². The average molecular weight is 486 g/mol. The van der Waals surface area contributed by atoms with E-state index < -0.39 is 11.9 Å². The van der Waals surface area contributed by atoms with Crippen molar-refractivity contribution in [1.82, 2.24) is 0 Å². The van der Waals surface area contributed by atoms with E-state index in [1.807, 2.05) is 6.07 Å². The Morgan fingerprint density at radius 3 is 1.81 bits per heavy atom. The number of benzene rings is 3. The number of hydrogen-bond donors (Lipinski definition) is 0. The molecule has 0 aromatic heterocycles. The molecule has 182 valence electrons. The van der Waals surface area contributed by atoms with Crippen LogP contribution in [0, 0.1) is 5.82 Å². The van der Waals surface area contributed by atoms with Gasteiger partial charge in [0.15, 0.2) is 0 Å². The standard InChI is InChI=1S/C29H23FO6/c1-4-28(31)35-17-15-33-25-12-7-22(8-13-25)26-14-9-23(19-27(26)30)21-5-10-24(11-6-21)34-16-18-36-29(32)20(2)3/h4-19H,1-2H2,3H3/b17-15-,18-16-. The first kappa shape index (κ1) is 25.7. The first-order valence-electron chi connectivity index (χ1n) is 10.7. The summed E-state index contributed by atoms with van der Waals surface area (Å²) in [5.41, 5.74) is 2.91. The van der Waals surface area contributed by atoms with Crippen molar-refractivity contribution in [3.63, 3.8) is 0 Å².